The summed E-state index contributed by atoms with van der Waals surface area (Å²) in [5.74, 6) is 1.00. The van der Waals surface area contributed by atoms with Crippen molar-refractivity contribution in [2.45, 2.75) is 33.2 Å². The summed E-state index contributed by atoms with van der Waals surface area (Å²) in [5, 5.41) is 2.97. The first kappa shape index (κ1) is 15.3. The number of amides is 1. The minimum atomic E-state index is 0.0288. The lowest BCUT2D eigenvalue weighted by atomic mass is 10.1. The Morgan fingerprint density at radius 1 is 1.17 bits per heavy atom. The molecule has 118 valence electrons. The van der Waals surface area contributed by atoms with E-state index in [9.17, 15) is 4.79 Å². The van der Waals surface area contributed by atoms with Crippen LogP contribution in [0.5, 0.6) is 0 Å². The average molecular weight is 307 g/mol. The number of nitrogens with one attached hydrogen (secondary N) is 2. The van der Waals surface area contributed by atoms with Crippen molar-refractivity contribution in [1.82, 2.24) is 15.3 Å². The lowest BCUT2D eigenvalue weighted by Gasteiger charge is -2.06. The van der Waals surface area contributed by atoms with Gasteiger partial charge in [0.1, 0.15) is 5.82 Å². The second-order valence-electron chi connectivity index (χ2n) is 5.83. The number of hydrogen-bond donors (Lipinski definition) is 2. The Kier molecular flexibility index (Phi) is 4.42. The Morgan fingerprint density at radius 2 is 2.04 bits per heavy atom. The fraction of sp³-hybridized carbons (Fsp3) is 0.263. The molecule has 23 heavy (non-hydrogen) atoms. The number of imidazole rings is 1. The van der Waals surface area contributed by atoms with Gasteiger partial charge in [0.2, 0.25) is 5.91 Å². The molecule has 0 saturated carbocycles. The number of fused-ring (bicyclic) bond motifs is 1. The summed E-state index contributed by atoms with van der Waals surface area (Å²) < 4.78 is 0. The van der Waals surface area contributed by atoms with Gasteiger partial charge in [-0.2, -0.15) is 0 Å². The summed E-state index contributed by atoms with van der Waals surface area (Å²) in [6.45, 7) is 4.68. The van der Waals surface area contributed by atoms with E-state index in [1.165, 1.54) is 5.56 Å². The molecular formula is C19H21N3O. The van der Waals surface area contributed by atoms with Gasteiger partial charge in [0.15, 0.2) is 0 Å². The van der Waals surface area contributed by atoms with Crippen molar-refractivity contribution in [2.75, 3.05) is 0 Å². The number of benzene rings is 2. The van der Waals surface area contributed by atoms with Crippen molar-refractivity contribution >= 4 is 16.9 Å². The third-order valence-electron chi connectivity index (χ3n) is 3.87. The summed E-state index contributed by atoms with van der Waals surface area (Å²) in [7, 11) is 0. The Bertz CT molecular complexity index is 836. The normalized spacial score (nSPS) is 10.9. The molecule has 3 rings (SSSR count). The van der Waals surface area contributed by atoms with E-state index in [0.29, 0.717) is 13.0 Å². The van der Waals surface area contributed by atoms with E-state index < -0.39 is 0 Å². The number of aryl methyl sites for hydroxylation is 2. The van der Waals surface area contributed by atoms with Gasteiger partial charge in [0.05, 0.1) is 17.5 Å². The maximum atomic E-state index is 12.1. The van der Waals surface area contributed by atoms with Gasteiger partial charge in [-0.05, 0) is 30.2 Å². The summed E-state index contributed by atoms with van der Waals surface area (Å²) in [5.41, 5.74) is 5.25. The third-order valence-corrected chi connectivity index (χ3v) is 3.87. The molecule has 4 nitrogen and oxygen atoms in total. The SMILES string of the molecule is CCc1nc2ccc(CC(=O)NCc3cccc(C)c3)cc2[nH]1. The van der Waals surface area contributed by atoms with Crippen LogP contribution in [0, 0.1) is 6.92 Å². The zero-order valence-electron chi connectivity index (χ0n) is 13.5. The maximum Gasteiger partial charge on any atom is 0.224 e. The van der Waals surface area contributed by atoms with Crippen molar-refractivity contribution < 1.29 is 4.79 Å². The van der Waals surface area contributed by atoms with Crippen LogP contribution < -0.4 is 5.32 Å². The molecule has 0 bridgehead atoms. The van der Waals surface area contributed by atoms with E-state index in [1.807, 2.05) is 30.3 Å². The van der Waals surface area contributed by atoms with E-state index in [1.54, 1.807) is 0 Å². The van der Waals surface area contributed by atoms with Crippen molar-refractivity contribution in [2.24, 2.45) is 0 Å². The number of aromatic nitrogens is 2. The molecule has 0 aliphatic rings. The van der Waals surface area contributed by atoms with Gasteiger partial charge in [-0.3, -0.25) is 4.79 Å². The molecule has 4 heteroatoms. The van der Waals surface area contributed by atoms with Crippen LogP contribution in [0.2, 0.25) is 0 Å². The summed E-state index contributed by atoms with van der Waals surface area (Å²) in [6.07, 6.45) is 1.25. The number of aromatic amines is 1. The number of nitrogens with zero attached hydrogens (tertiary/aromatic N) is 1. The van der Waals surface area contributed by atoms with Gasteiger partial charge in [-0.15, -0.1) is 0 Å². The highest BCUT2D eigenvalue weighted by Crippen LogP contribution is 2.14. The first-order valence-corrected chi connectivity index (χ1v) is 7.94. The van der Waals surface area contributed by atoms with Gasteiger partial charge in [0, 0.05) is 13.0 Å². The smallest absolute Gasteiger partial charge is 0.224 e. The molecule has 3 aromatic rings. The van der Waals surface area contributed by atoms with Crippen LogP contribution >= 0.6 is 0 Å². The van der Waals surface area contributed by atoms with Crippen LogP contribution in [0.15, 0.2) is 42.5 Å². The van der Waals surface area contributed by atoms with E-state index >= 15 is 0 Å². The van der Waals surface area contributed by atoms with Gasteiger partial charge in [-0.1, -0.05) is 42.8 Å². The predicted octanol–water partition coefficient (Wildman–Crippen LogP) is 3.29. The van der Waals surface area contributed by atoms with Gasteiger partial charge >= 0.3 is 0 Å². The molecule has 2 aromatic carbocycles. The molecule has 2 N–H and O–H groups in total. The zero-order chi connectivity index (χ0) is 16.2. The number of H-pyrrole nitrogens is 1. The van der Waals surface area contributed by atoms with Crippen molar-refractivity contribution in [3.05, 3.63) is 65.0 Å². The standard InChI is InChI=1S/C19H21N3O/c1-3-18-21-16-8-7-14(10-17(16)22-18)11-19(23)20-12-15-6-4-5-13(2)9-15/h4-10H,3,11-12H2,1-2H3,(H,20,23)(H,21,22). The Hall–Kier alpha value is -2.62. The second kappa shape index (κ2) is 6.65. The third kappa shape index (κ3) is 3.77. The fourth-order valence-electron chi connectivity index (χ4n) is 2.66. The Balaban J connectivity index is 1.63. The molecule has 0 radical (unpaired) electrons. The quantitative estimate of drug-likeness (QED) is 0.760. The maximum absolute atomic E-state index is 12.1. The minimum absolute atomic E-state index is 0.0288. The Morgan fingerprint density at radius 3 is 2.83 bits per heavy atom. The average Bonchev–Trinajstić information content (AvgIpc) is 2.95. The lowest BCUT2D eigenvalue weighted by Crippen LogP contribution is -2.24. The topological polar surface area (TPSA) is 57.8 Å². The van der Waals surface area contributed by atoms with Gasteiger partial charge < -0.3 is 10.3 Å². The highest BCUT2D eigenvalue weighted by Gasteiger charge is 2.06. The van der Waals surface area contributed by atoms with E-state index in [2.05, 4.69) is 41.3 Å². The lowest BCUT2D eigenvalue weighted by molar-refractivity contribution is -0.120. The first-order chi connectivity index (χ1) is 11.1. The van der Waals surface area contributed by atoms with Crippen molar-refractivity contribution in [3.63, 3.8) is 0 Å². The molecule has 0 unspecified atom stereocenters. The number of carbonyl (C=O) groups is 1. The molecule has 0 saturated heterocycles. The molecule has 1 amide bonds. The van der Waals surface area contributed by atoms with Crippen molar-refractivity contribution in [3.8, 4) is 0 Å². The van der Waals surface area contributed by atoms with E-state index in [0.717, 1.165) is 34.4 Å². The monoisotopic (exact) mass is 307 g/mol. The Labute approximate surface area is 136 Å². The van der Waals surface area contributed by atoms with Gasteiger partial charge in [-0.25, -0.2) is 4.98 Å². The van der Waals surface area contributed by atoms with Crippen molar-refractivity contribution in [1.29, 1.82) is 0 Å². The van der Waals surface area contributed by atoms with Crippen LogP contribution in [-0.2, 0) is 24.2 Å². The molecule has 0 aliphatic carbocycles. The van der Waals surface area contributed by atoms with Crippen LogP contribution in [0.25, 0.3) is 11.0 Å². The van der Waals surface area contributed by atoms with Crippen LogP contribution in [0.1, 0.15) is 29.4 Å². The minimum Gasteiger partial charge on any atom is -0.352 e. The molecule has 1 heterocycles. The molecule has 0 spiro atoms. The molecule has 0 fully saturated rings. The number of carbonyl (C=O) groups excluding carboxylic acids is 1. The second-order valence-corrected chi connectivity index (χ2v) is 5.83. The number of hydrogen-bond acceptors (Lipinski definition) is 2. The van der Waals surface area contributed by atoms with Crippen LogP contribution in [0.3, 0.4) is 0 Å². The van der Waals surface area contributed by atoms with Crippen LogP contribution in [0.4, 0.5) is 0 Å². The molecule has 0 atom stereocenters. The van der Waals surface area contributed by atoms with E-state index in [-0.39, 0.29) is 5.91 Å². The highest BCUT2D eigenvalue weighted by molar-refractivity contribution is 5.81. The summed E-state index contributed by atoms with van der Waals surface area (Å²) in [4.78, 5) is 19.9. The van der Waals surface area contributed by atoms with Crippen LogP contribution in [-0.4, -0.2) is 15.9 Å². The first-order valence-electron chi connectivity index (χ1n) is 7.94. The van der Waals surface area contributed by atoms with Gasteiger partial charge in [0.25, 0.3) is 0 Å². The molecular weight excluding hydrogens is 286 g/mol. The molecule has 0 aliphatic heterocycles. The van der Waals surface area contributed by atoms with E-state index in [4.69, 9.17) is 0 Å². The fourth-order valence-corrected chi connectivity index (χ4v) is 2.66. The zero-order valence-corrected chi connectivity index (χ0v) is 13.5. The highest BCUT2D eigenvalue weighted by atomic mass is 16.1. The predicted molar refractivity (Wildman–Crippen MR) is 92.2 cm³/mol. The summed E-state index contributed by atoms with van der Waals surface area (Å²) in [6, 6.07) is 14.1. The summed E-state index contributed by atoms with van der Waals surface area (Å²) >= 11 is 0. The largest absolute Gasteiger partial charge is 0.352 e. The molecule has 1 aromatic heterocycles. The number of rotatable bonds is 5.